The van der Waals surface area contributed by atoms with Gasteiger partial charge in [0.15, 0.2) is 9.84 Å². The number of pyridine rings is 1. The monoisotopic (exact) mass is 971 g/mol. The minimum Gasteiger partial charge on any atom is -0.593 e. The molecule has 0 spiro atoms. The highest BCUT2D eigenvalue weighted by Crippen LogP contribution is 2.46. The van der Waals surface area contributed by atoms with Gasteiger partial charge in [-0.3, -0.25) is 14.9 Å². The minimum absolute atomic E-state index is 0.00949. The third-order valence-electron chi connectivity index (χ3n) is 11.5. The van der Waals surface area contributed by atoms with Crippen molar-refractivity contribution in [2.24, 2.45) is 0 Å². The summed E-state index contributed by atoms with van der Waals surface area (Å²) in [6.45, 7) is 2.66. The predicted molar refractivity (Wildman–Crippen MR) is 230 cm³/mol. The largest absolute Gasteiger partial charge is 0.593 e. The Morgan fingerprint density at radius 2 is 1.72 bits per heavy atom. The molecule has 4 N–H and O–H groups in total. The summed E-state index contributed by atoms with van der Waals surface area (Å²) in [5, 5.41) is 16.4. The van der Waals surface area contributed by atoms with Crippen LogP contribution >= 0.6 is 11.6 Å². The van der Waals surface area contributed by atoms with Crippen molar-refractivity contribution in [3.63, 3.8) is 0 Å². The molecule has 7 rings (SSSR count). The van der Waals surface area contributed by atoms with Crippen LogP contribution in [0.5, 0.6) is 0 Å². The molecule has 22 heteroatoms. The van der Waals surface area contributed by atoms with E-state index in [1.165, 1.54) is 38.1 Å². The number of anilines is 1. The number of nitrogens with zero attached hydrogens (tertiary/aromatic N) is 3. The molecule has 0 aliphatic heterocycles. The second-order valence-electron chi connectivity index (χ2n) is 16.9. The molecule has 348 valence electrons. The maximum atomic E-state index is 15.0. The number of hydrogen-bond donors (Lipinski definition) is 4. The summed E-state index contributed by atoms with van der Waals surface area (Å²) < 4.78 is 156. The molecule has 2 saturated carbocycles. The van der Waals surface area contributed by atoms with Gasteiger partial charge in [-0.15, -0.1) is 5.10 Å². The van der Waals surface area contributed by atoms with Crippen molar-refractivity contribution in [2.75, 3.05) is 11.3 Å². The molecule has 2 aromatic carbocycles. The Bertz CT molecular complexity index is 2750. The zero-order valence-corrected chi connectivity index (χ0v) is 37.3. The molecule has 1 unspecified atom stereocenters. The summed E-state index contributed by atoms with van der Waals surface area (Å²) >= 11 is 4.98. The molecule has 2 aromatic heterocycles. The van der Waals surface area contributed by atoms with Gasteiger partial charge in [-0.2, -0.15) is 13.5 Å². The lowest BCUT2D eigenvalue weighted by Gasteiger charge is -2.24. The van der Waals surface area contributed by atoms with E-state index < -0.39 is 128 Å². The van der Waals surface area contributed by atoms with E-state index >= 15 is 0 Å². The predicted octanol–water partition coefficient (Wildman–Crippen LogP) is 8.59. The Hall–Kier alpha value is -4.91. The van der Waals surface area contributed by atoms with Gasteiger partial charge in [0.2, 0.25) is 11.7 Å². The summed E-state index contributed by atoms with van der Waals surface area (Å²) in [5.74, 6) is -1.32. The number of allylic oxidation sites excluding steroid dienone is 2. The number of aromatic nitrogens is 3. The highest BCUT2D eigenvalue weighted by Gasteiger charge is 2.51. The van der Waals surface area contributed by atoms with Crippen molar-refractivity contribution in [3.05, 3.63) is 87.3 Å². The molecular formula is C43H42ClF8N7O4S2. The Morgan fingerprint density at radius 1 is 1.06 bits per heavy atom. The molecule has 1 amide bonds. The maximum absolute atomic E-state index is 15.0. The number of alkyl halides is 6. The van der Waals surface area contributed by atoms with Crippen molar-refractivity contribution in [2.45, 2.75) is 112 Å². The SMILES string of the molecule is CC1([S+]([O-])Nc2nn(CC(F)F)c3c(-c4ccc(C#CC(C)(C)S(=O)(=O)C5CC5)nc4[C@H](Cc4cc(F)cc(F)c4)NC(=O)CNC4=C(C(=N)C(F)F)CCC4(F)F)ccc(Cl)c23)CC1. The van der Waals surface area contributed by atoms with E-state index in [2.05, 4.69) is 32.3 Å². The van der Waals surface area contributed by atoms with Crippen LogP contribution in [0.2, 0.25) is 5.02 Å². The van der Waals surface area contributed by atoms with Crippen LogP contribution in [0, 0.1) is 28.9 Å². The first-order chi connectivity index (χ1) is 30.4. The van der Waals surface area contributed by atoms with E-state index in [-0.39, 0.29) is 49.8 Å². The number of carbonyl (C=O) groups excluding carboxylic acids is 1. The summed E-state index contributed by atoms with van der Waals surface area (Å²) in [7, 11) is -3.73. The van der Waals surface area contributed by atoms with Crippen molar-refractivity contribution >= 4 is 61.1 Å². The number of carbonyl (C=O) groups is 1. The van der Waals surface area contributed by atoms with Gasteiger partial charge in [0, 0.05) is 42.0 Å². The van der Waals surface area contributed by atoms with Crippen LogP contribution in [0.25, 0.3) is 22.0 Å². The molecule has 2 fully saturated rings. The van der Waals surface area contributed by atoms with Crippen molar-refractivity contribution in [3.8, 4) is 23.0 Å². The number of amides is 1. The number of hydrogen-bond acceptors (Lipinski definition) is 9. The molecule has 2 heterocycles. The van der Waals surface area contributed by atoms with E-state index in [1.54, 1.807) is 6.92 Å². The number of halogens is 9. The first-order valence-corrected chi connectivity index (χ1v) is 23.4. The molecule has 0 radical (unpaired) electrons. The summed E-state index contributed by atoms with van der Waals surface area (Å²) in [5.41, 5.74) is -3.13. The first kappa shape index (κ1) is 48.0. The van der Waals surface area contributed by atoms with E-state index in [0.717, 1.165) is 16.8 Å². The van der Waals surface area contributed by atoms with Crippen LogP contribution in [0.4, 0.5) is 40.9 Å². The van der Waals surface area contributed by atoms with Crippen LogP contribution in [0.3, 0.4) is 0 Å². The molecule has 3 aliphatic rings. The maximum Gasteiger partial charge on any atom is 0.287 e. The average molecular weight is 972 g/mol. The molecule has 0 saturated heterocycles. The van der Waals surface area contributed by atoms with Gasteiger partial charge in [-0.1, -0.05) is 23.6 Å². The zero-order valence-electron chi connectivity index (χ0n) is 34.9. The average Bonchev–Trinajstić information content (AvgIpc) is 4.15. The molecular weight excluding hydrogens is 930 g/mol. The van der Waals surface area contributed by atoms with E-state index in [0.29, 0.717) is 31.7 Å². The number of sulfone groups is 1. The van der Waals surface area contributed by atoms with E-state index in [4.69, 9.17) is 22.0 Å². The van der Waals surface area contributed by atoms with Crippen LogP contribution in [0.1, 0.15) is 82.3 Å². The fourth-order valence-electron chi connectivity index (χ4n) is 7.51. The molecule has 0 bridgehead atoms. The lowest BCUT2D eigenvalue weighted by atomic mass is 9.93. The fourth-order valence-corrected chi connectivity index (χ4v) is 10.6. The van der Waals surface area contributed by atoms with Crippen LogP contribution < -0.4 is 15.4 Å². The lowest BCUT2D eigenvalue weighted by Crippen LogP contribution is -2.40. The molecule has 4 aromatic rings. The van der Waals surface area contributed by atoms with Crippen LogP contribution in [0.15, 0.2) is 53.7 Å². The second-order valence-corrected chi connectivity index (χ2v) is 21.8. The van der Waals surface area contributed by atoms with Gasteiger partial charge in [0.1, 0.15) is 39.1 Å². The highest BCUT2D eigenvalue weighted by atomic mass is 35.5. The number of benzene rings is 2. The van der Waals surface area contributed by atoms with Crippen molar-refractivity contribution in [1.29, 1.82) is 5.41 Å². The summed E-state index contributed by atoms with van der Waals surface area (Å²) in [6, 6.07) is 6.70. The van der Waals surface area contributed by atoms with Gasteiger partial charge < -0.3 is 15.2 Å². The quantitative estimate of drug-likeness (QED) is 0.0354. The molecule has 3 aliphatic carbocycles. The van der Waals surface area contributed by atoms with Gasteiger partial charge in [-0.25, -0.2) is 39.7 Å². The van der Waals surface area contributed by atoms with Crippen molar-refractivity contribution < 1.29 is 52.9 Å². The minimum atomic E-state index is -3.73. The van der Waals surface area contributed by atoms with E-state index in [1.807, 2.05) is 0 Å². The van der Waals surface area contributed by atoms with Gasteiger partial charge in [0.25, 0.3) is 18.8 Å². The summed E-state index contributed by atoms with van der Waals surface area (Å²) in [6.07, 6.45) is -6.11. The Morgan fingerprint density at radius 3 is 2.34 bits per heavy atom. The number of nitrogens with one attached hydrogen (secondary N) is 4. The van der Waals surface area contributed by atoms with Gasteiger partial charge >= 0.3 is 0 Å². The Labute approximate surface area is 376 Å². The molecule has 11 nitrogen and oxygen atoms in total. The fraction of sp³-hybridized carbons (Fsp3) is 0.442. The lowest BCUT2D eigenvalue weighted by molar-refractivity contribution is -0.121. The smallest absolute Gasteiger partial charge is 0.287 e. The van der Waals surface area contributed by atoms with Crippen LogP contribution in [-0.4, -0.2) is 79.4 Å². The zero-order chi connectivity index (χ0) is 47.4. The Balaban J connectivity index is 1.39. The van der Waals surface area contributed by atoms with E-state index in [9.17, 15) is 52.9 Å². The second kappa shape index (κ2) is 18.1. The van der Waals surface area contributed by atoms with Gasteiger partial charge in [-0.05, 0) is 88.3 Å². The molecule has 65 heavy (non-hydrogen) atoms. The highest BCUT2D eigenvalue weighted by molar-refractivity contribution is 7.94. The number of rotatable bonds is 17. The van der Waals surface area contributed by atoms with Crippen LogP contribution in [-0.2, 0) is 39.0 Å². The van der Waals surface area contributed by atoms with Gasteiger partial charge in [0.05, 0.1) is 56.5 Å². The standard InChI is InChI=1S/C43H42ClF8N7O4S2/c1-41(2,65(62,63)26-5-6-26)12-10-25-4-7-27(28-8-9-30(44)34-37(28)59(21-32(47)48)57-40(34)58-64(61)42(3)14-15-42)36(55-25)31(18-22-16-23(45)19-24(46)17-22)56-33(60)20-54-38-29(35(53)39(49)50)11-13-43(38,51)52/h4,7-9,16-17,19,26,31-32,39,53-54H,5-6,11,13-15,18,20-21H2,1-3H3,(H,56,60)(H,57,58)/t31-,64?/m0/s1. The third-order valence-corrected chi connectivity index (χ3v) is 16.3. The van der Waals surface area contributed by atoms with Crippen molar-refractivity contribution in [1.82, 2.24) is 25.4 Å². The molecule has 2 atom stereocenters. The third kappa shape index (κ3) is 10.2. The summed E-state index contributed by atoms with van der Waals surface area (Å²) in [4.78, 5) is 18.6. The normalized spacial score (nSPS) is 17.8. The topological polar surface area (TPSA) is 165 Å². The Kier molecular flexibility index (Phi) is 13.3. The first-order valence-electron chi connectivity index (χ1n) is 20.3. The number of fused-ring (bicyclic) bond motifs is 1.